The fraction of sp³-hybridized carbons (Fsp3) is 0.400. The monoisotopic (exact) mass is 422 g/mol. The van der Waals surface area contributed by atoms with Crippen molar-refractivity contribution in [1.82, 2.24) is 9.03 Å². The van der Waals surface area contributed by atoms with Gasteiger partial charge in [0.25, 0.3) is 0 Å². The molecule has 6 nitrogen and oxygen atoms in total. The highest BCUT2D eigenvalue weighted by Crippen LogP contribution is 2.24. The Morgan fingerprint density at radius 2 is 1.46 bits per heavy atom. The molecule has 152 valence electrons. The van der Waals surface area contributed by atoms with Gasteiger partial charge in [0.15, 0.2) is 0 Å². The third kappa shape index (κ3) is 4.30. The van der Waals surface area contributed by atoms with Gasteiger partial charge >= 0.3 is 0 Å². The lowest BCUT2D eigenvalue weighted by atomic mass is 10.0. The topological polar surface area (TPSA) is 83.5 Å². The first kappa shape index (κ1) is 21.0. The van der Waals surface area contributed by atoms with Crippen molar-refractivity contribution in [3.8, 4) is 0 Å². The summed E-state index contributed by atoms with van der Waals surface area (Å²) in [5.74, 6) is 0. The Hall–Kier alpha value is -1.74. The molecule has 0 aromatic heterocycles. The molecule has 0 spiro atoms. The fourth-order valence-electron chi connectivity index (χ4n) is 3.46. The third-order valence-electron chi connectivity index (χ3n) is 5.07. The summed E-state index contributed by atoms with van der Waals surface area (Å²) in [5, 5.41) is 0. The summed E-state index contributed by atoms with van der Waals surface area (Å²) in [4.78, 5) is 0.168. The van der Waals surface area contributed by atoms with Crippen molar-refractivity contribution in [1.29, 1.82) is 0 Å². The van der Waals surface area contributed by atoms with Crippen LogP contribution in [0.25, 0.3) is 0 Å². The van der Waals surface area contributed by atoms with Gasteiger partial charge in [0.2, 0.25) is 20.0 Å². The molecule has 1 saturated heterocycles. The number of hydrogen-bond acceptors (Lipinski definition) is 4. The van der Waals surface area contributed by atoms with Crippen LogP contribution in [-0.2, 0) is 20.0 Å². The molecule has 2 aromatic rings. The van der Waals surface area contributed by atoms with E-state index in [1.165, 1.54) is 28.6 Å². The lowest BCUT2D eigenvalue weighted by Crippen LogP contribution is -2.28. The zero-order valence-electron chi connectivity index (χ0n) is 16.3. The van der Waals surface area contributed by atoms with E-state index in [1.54, 1.807) is 6.92 Å². The second kappa shape index (κ2) is 7.94. The molecule has 1 aliphatic rings. The zero-order valence-corrected chi connectivity index (χ0v) is 18.0. The number of rotatable bonds is 6. The molecule has 0 amide bonds. The molecular formula is C20H26N2O4S2. The molecule has 0 radical (unpaired) electrons. The van der Waals surface area contributed by atoms with E-state index in [-0.39, 0.29) is 9.79 Å². The van der Waals surface area contributed by atoms with Crippen LogP contribution in [0.1, 0.15) is 42.5 Å². The first-order chi connectivity index (χ1) is 13.1. The predicted octanol–water partition coefficient (Wildman–Crippen LogP) is 3.13. The number of benzene rings is 2. The Balaban J connectivity index is 1.81. The van der Waals surface area contributed by atoms with Gasteiger partial charge in [-0.05, 0) is 69.0 Å². The van der Waals surface area contributed by atoms with E-state index in [0.29, 0.717) is 13.1 Å². The van der Waals surface area contributed by atoms with Crippen LogP contribution < -0.4 is 4.72 Å². The SMILES string of the molecule is Cc1ccc(C)c(C(C)NS(=O)(=O)c2ccc(S(=O)(=O)N3CCCC3)cc2)c1. The van der Waals surface area contributed by atoms with Crippen LogP contribution >= 0.6 is 0 Å². The summed E-state index contributed by atoms with van der Waals surface area (Å²) >= 11 is 0. The molecule has 1 aliphatic heterocycles. The van der Waals surface area contributed by atoms with Crippen LogP contribution in [0.2, 0.25) is 0 Å². The average Bonchev–Trinajstić information content (AvgIpc) is 3.19. The van der Waals surface area contributed by atoms with E-state index in [0.717, 1.165) is 29.5 Å². The normalized spacial score (nSPS) is 17.0. The minimum atomic E-state index is -3.78. The van der Waals surface area contributed by atoms with E-state index < -0.39 is 26.1 Å². The Labute approximate surface area is 167 Å². The highest BCUT2D eigenvalue weighted by Gasteiger charge is 2.28. The van der Waals surface area contributed by atoms with Crippen LogP contribution in [0, 0.1) is 13.8 Å². The van der Waals surface area contributed by atoms with E-state index >= 15 is 0 Å². The number of hydrogen-bond donors (Lipinski definition) is 1. The fourth-order valence-corrected chi connectivity index (χ4v) is 6.20. The molecule has 3 rings (SSSR count). The first-order valence-electron chi connectivity index (χ1n) is 9.31. The highest BCUT2D eigenvalue weighted by atomic mass is 32.2. The Morgan fingerprint density at radius 3 is 2.07 bits per heavy atom. The summed E-state index contributed by atoms with van der Waals surface area (Å²) in [6.45, 7) is 6.72. The summed E-state index contributed by atoms with van der Waals surface area (Å²) in [6.07, 6.45) is 1.71. The van der Waals surface area contributed by atoms with Crippen LogP contribution in [0.3, 0.4) is 0 Å². The number of nitrogens with zero attached hydrogens (tertiary/aromatic N) is 1. The Morgan fingerprint density at radius 1 is 0.893 bits per heavy atom. The molecule has 8 heteroatoms. The second-order valence-corrected chi connectivity index (χ2v) is 10.9. The van der Waals surface area contributed by atoms with Crippen molar-refractivity contribution in [3.05, 3.63) is 59.2 Å². The van der Waals surface area contributed by atoms with Gasteiger partial charge in [0.1, 0.15) is 0 Å². The molecule has 1 N–H and O–H groups in total. The lowest BCUT2D eigenvalue weighted by Gasteiger charge is -2.18. The van der Waals surface area contributed by atoms with Gasteiger partial charge in [0, 0.05) is 19.1 Å². The average molecular weight is 423 g/mol. The van der Waals surface area contributed by atoms with Gasteiger partial charge < -0.3 is 0 Å². The maximum absolute atomic E-state index is 12.8. The molecule has 28 heavy (non-hydrogen) atoms. The van der Waals surface area contributed by atoms with Crippen LogP contribution in [0.5, 0.6) is 0 Å². The molecule has 1 unspecified atom stereocenters. The van der Waals surface area contributed by atoms with E-state index in [4.69, 9.17) is 0 Å². The summed E-state index contributed by atoms with van der Waals surface area (Å²) < 4.78 is 54.8. The van der Waals surface area contributed by atoms with E-state index in [2.05, 4.69) is 4.72 Å². The maximum atomic E-state index is 12.8. The van der Waals surface area contributed by atoms with Gasteiger partial charge in [-0.3, -0.25) is 0 Å². The second-order valence-electron chi connectivity index (χ2n) is 7.29. The van der Waals surface area contributed by atoms with Crippen molar-refractivity contribution in [3.63, 3.8) is 0 Å². The van der Waals surface area contributed by atoms with Gasteiger partial charge in [-0.15, -0.1) is 0 Å². The minimum absolute atomic E-state index is 0.0463. The molecule has 2 aromatic carbocycles. The molecule has 0 aliphatic carbocycles. The Bertz CT molecular complexity index is 1060. The molecular weight excluding hydrogens is 396 g/mol. The minimum Gasteiger partial charge on any atom is -0.207 e. The maximum Gasteiger partial charge on any atom is 0.243 e. The quantitative estimate of drug-likeness (QED) is 0.775. The third-order valence-corrected chi connectivity index (χ3v) is 8.54. The van der Waals surface area contributed by atoms with Gasteiger partial charge in [0.05, 0.1) is 9.79 Å². The number of sulfonamides is 2. The molecule has 1 atom stereocenters. The largest absolute Gasteiger partial charge is 0.243 e. The molecule has 0 saturated carbocycles. The first-order valence-corrected chi connectivity index (χ1v) is 12.2. The van der Waals surface area contributed by atoms with Crippen molar-refractivity contribution >= 4 is 20.0 Å². The molecule has 0 bridgehead atoms. The van der Waals surface area contributed by atoms with Crippen LogP contribution in [0.15, 0.2) is 52.3 Å². The van der Waals surface area contributed by atoms with E-state index in [9.17, 15) is 16.8 Å². The van der Waals surface area contributed by atoms with Gasteiger partial charge in [-0.1, -0.05) is 23.8 Å². The van der Waals surface area contributed by atoms with Gasteiger partial charge in [-0.2, -0.15) is 4.31 Å². The number of aryl methyl sites for hydroxylation is 2. The van der Waals surface area contributed by atoms with Crippen molar-refractivity contribution < 1.29 is 16.8 Å². The number of nitrogens with one attached hydrogen (secondary N) is 1. The van der Waals surface area contributed by atoms with Crippen LogP contribution in [-0.4, -0.2) is 34.2 Å². The Kier molecular flexibility index (Phi) is 5.95. The standard InChI is InChI=1S/C20H26N2O4S2/c1-15-6-7-16(2)20(14-15)17(3)21-27(23,24)18-8-10-19(11-9-18)28(25,26)22-12-4-5-13-22/h6-11,14,17,21H,4-5,12-13H2,1-3H3. The predicted molar refractivity (Wildman–Crippen MR) is 109 cm³/mol. The highest BCUT2D eigenvalue weighted by molar-refractivity contribution is 7.89. The molecule has 1 fully saturated rings. The van der Waals surface area contributed by atoms with Crippen molar-refractivity contribution in [2.75, 3.05) is 13.1 Å². The zero-order chi connectivity index (χ0) is 20.5. The van der Waals surface area contributed by atoms with Crippen molar-refractivity contribution in [2.24, 2.45) is 0 Å². The molecule has 1 heterocycles. The van der Waals surface area contributed by atoms with Crippen molar-refractivity contribution in [2.45, 2.75) is 49.4 Å². The smallest absolute Gasteiger partial charge is 0.207 e. The lowest BCUT2D eigenvalue weighted by molar-refractivity contribution is 0.477. The van der Waals surface area contributed by atoms with E-state index in [1.807, 2.05) is 32.0 Å². The van der Waals surface area contributed by atoms with Crippen LogP contribution in [0.4, 0.5) is 0 Å². The summed E-state index contributed by atoms with van der Waals surface area (Å²) in [7, 11) is -7.34. The van der Waals surface area contributed by atoms with Gasteiger partial charge in [-0.25, -0.2) is 21.6 Å². The summed E-state index contributed by atoms with van der Waals surface area (Å²) in [6, 6.07) is 10.9. The summed E-state index contributed by atoms with van der Waals surface area (Å²) in [5.41, 5.74) is 2.98.